The van der Waals surface area contributed by atoms with E-state index in [0.717, 1.165) is 11.8 Å². The molecule has 0 radical (unpaired) electrons. The number of sulfone groups is 1. The van der Waals surface area contributed by atoms with Crippen molar-refractivity contribution in [3.05, 3.63) is 84.2 Å². The third-order valence-corrected chi connectivity index (χ3v) is 6.66. The van der Waals surface area contributed by atoms with Gasteiger partial charge in [0.15, 0.2) is 9.84 Å². The molecule has 30 heavy (non-hydrogen) atoms. The van der Waals surface area contributed by atoms with Gasteiger partial charge in [0.25, 0.3) is 15.9 Å². The van der Waals surface area contributed by atoms with Gasteiger partial charge in [-0.05, 0) is 48.0 Å². The molecule has 156 valence electrons. The molecule has 0 fully saturated rings. The molecule has 0 atom stereocenters. The van der Waals surface area contributed by atoms with Crippen molar-refractivity contribution in [1.82, 2.24) is 10.3 Å². The fraction of sp³-hybridized carbons (Fsp3) is 0.100. The SMILES string of the molecule is CS(=O)(=O)c1ccc(S(=O)(=O)Nc2ccccc2C(=O)NCc2cccnc2)cc1. The number of aromatic nitrogens is 1. The van der Waals surface area contributed by atoms with Crippen LogP contribution < -0.4 is 10.0 Å². The monoisotopic (exact) mass is 445 g/mol. The van der Waals surface area contributed by atoms with E-state index in [2.05, 4.69) is 15.0 Å². The number of sulfonamides is 1. The predicted octanol–water partition coefficient (Wildman–Crippen LogP) is 2.22. The summed E-state index contributed by atoms with van der Waals surface area (Å²) in [5.74, 6) is -0.454. The summed E-state index contributed by atoms with van der Waals surface area (Å²) < 4.78 is 50.9. The fourth-order valence-corrected chi connectivity index (χ4v) is 4.33. The molecular formula is C20H19N3O5S2. The first-order valence-corrected chi connectivity index (χ1v) is 12.1. The van der Waals surface area contributed by atoms with Gasteiger partial charge in [-0.25, -0.2) is 16.8 Å². The van der Waals surface area contributed by atoms with Crippen molar-refractivity contribution in [2.75, 3.05) is 11.0 Å². The quantitative estimate of drug-likeness (QED) is 0.575. The zero-order valence-corrected chi connectivity index (χ0v) is 17.6. The van der Waals surface area contributed by atoms with Crippen molar-refractivity contribution < 1.29 is 21.6 Å². The molecule has 1 aromatic heterocycles. The van der Waals surface area contributed by atoms with Gasteiger partial charge in [0, 0.05) is 25.2 Å². The van der Waals surface area contributed by atoms with E-state index >= 15 is 0 Å². The molecule has 0 aliphatic carbocycles. The number of hydrogen-bond donors (Lipinski definition) is 2. The van der Waals surface area contributed by atoms with E-state index in [1.54, 1.807) is 30.6 Å². The van der Waals surface area contributed by atoms with Gasteiger partial charge in [0.2, 0.25) is 0 Å². The van der Waals surface area contributed by atoms with Gasteiger partial charge in [-0.2, -0.15) is 0 Å². The number of benzene rings is 2. The Morgan fingerprint density at radius 3 is 2.20 bits per heavy atom. The second-order valence-electron chi connectivity index (χ2n) is 6.44. The van der Waals surface area contributed by atoms with Crippen LogP contribution in [0.3, 0.4) is 0 Å². The van der Waals surface area contributed by atoms with Gasteiger partial charge in [-0.1, -0.05) is 18.2 Å². The number of carbonyl (C=O) groups is 1. The molecule has 3 aromatic rings. The Morgan fingerprint density at radius 1 is 0.900 bits per heavy atom. The maximum atomic E-state index is 12.7. The molecule has 0 aliphatic rings. The maximum absolute atomic E-state index is 12.7. The normalized spacial score (nSPS) is 11.6. The first kappa shape index (κ1) is 21.5. The summed E-state index contributed by atoms with van der Waals surface area (Å²) in [5.41, 5.74) is 1.06. The van der Waals surface area contributed by atoms with Gasteiger partial charge < -0.3 is 5.32 Å². The summed E-state index contributed by atoms with van der Waals surface area (Å²) in [6, 6.07) is 14.6. The molecular weight excluding hydrogens is 426 g/mol. The van der Waals surface area contributed by atoms with E-state index in [0.29, 0.717) is 0 Å². The lowest BCUT2D eigenvalue weighted by Gasteiger charge is -2.13. The molecule has 0 saturated heterocycles. The number of para-hydroxylation sites is 1. The lowest BCUT2D eigenvalue weighted by Crippen LogP contribution is -2.25. The summed E-state index contributed by atoms with van der Waals surface area (Å²) in [7, 11) is -7.48. The number of rotatable bonds is 7. The zero-order valence-electron chi connectivity index (χ0n) is 15.9. The molecule has 0 saturated carbocycles. The van der Waals surface area contributed by atoms with E-state index in [9.17, 15) is 21.6 Å². The van der Waals surface area contributed by atoms with Crippen molar-refractivity contribution in [1.29, 1.82) is 0 Å². The molecule has 10 heteroatoms. The van der Waals surface area contributed by atoms with Crippen molar-refractivity contribution >= 4 is 31.5 Å². The Labute approximate surface area is 175 Å². The molecule has 3 rings (SSSR count). The minimum Gasteiger partial charge on any atom is -0.348 e. The standard InChI is InChI=1S/C20H19N3O5S2/c1-29(25,26)16-8-10-17(11-9-16)30(27,28)23-19-7-3-2-6-18(19)20(24)22-14-15-5-4-12-21-13-15/h2-13,23H,14H2,1H3,(H,22,24). The molecule has 0 aliphatic heterocycles. The highest BCUT2D eigenvalue weighted by Crippen LogP contribution is 2.21. The first-order valence-electron chi connectivity index (χ1n) is 8.76. The molecule has 1 amide bonds. The average molecular weight is 446 g/mol. The Bertz CT molecular complexity index is 1260. The van der Waals surface area contributed by atoms with Crippen molar-refractivity contribution in [3.8, 4) is 0 Å². The highest BCUT2D eigenvalue weighted by Gasteiger charge is 2.19. The number of nitrogens with one attached hydrogen (secondary N) is 2. The second-order valence-corrected chi connectivity index (χ2v) is 10.1. The van der Waals surface area contributed by atoms with Gasteiger partial charge in [0.1, 0.15) is 0 Å². The minimum absolute atomic E-state index is 0.0108. The summed E-state index contributed by atoms with van der Waals surface area (Å²) in [6.45, 7) is 0.237. The molecule has 8 nitrogen and oxygen atoms in total. The van der Waals surface area contributed by atoms with Crippen LogP contribution in [-0.2, 0) is 26.4 Å². The van der Waals surface area contributed by atoms with E-state index < -0.39 is 25.8 Å². The zero-order chi connectivity index (χ0) is 21.8. The van der Waals surface area contributed by atoms with Crippen LogP contribution in [0.15, 0.2) is 82.8 Å². The summed E-state index contributed by atoms with van der Waals surface area (Å²) in [4.78, 5) is 16.4. The second kappa shape index (κ2) is 8.64. The molecule has 0 unspecified atom stereocenters. The number of pyridine rings is 1. The number of anilines is 1. The molecule has 1 heterocycles. The Kier molecular flexibility index (Phi) is 6.18. The minimum atomic E-state index is -4.03. The van der Waals surface area contributed by atoms with Crippen LogP contribution in [0.5, 0.6) is 0 Å². The van der Waals surface area contributed by atoms with Crippen LogP contribution in [0, 0.1) is 0 Å². The predicted molar refractivity (Wildman–Crippen MR) is 112 cm³/mol. The Morgan fingerprint density at radius 2 is 1.57 bits per heavy atom. The molecule has 2 N–H and O–H groups in total. The molecule has 0 spiro atoms. The van der Waals surface area contributed by atoms with E-state index in [-0.39, 0.29) is 27.6 Å². The van der Waals surface area contributed by atoms with Crippen LogP contribution in [-0.4, -0.2) is 34.0 Å². The number of amides is 1. The summed E-state index contributed by atoms with van der Waals surface area (Å²) in [5, 5.41) is 2.72. The van der Waals surface area contributed by atoms with Gasteiger partial charge in [-0.15, -0.1) is 0 Å². The smallest absolute Gasteiger partial charge is 0.261 e. The first-order chi connectivity index (χ1) is 14.2. The molecule has 2 aromatic carbocycles. The average Bonchev–Trinajstić information content (AvgIpc) is 2.72. The van der Waals surface area contributed by atoms with Crippen LogP contribution in [0.1, 0.15) is 15.9 Å². The van der Waals surface area contributed by atoms with Gasteiger partial charge in [-0.3, -0.25) is 14.5 Å². The molecule has 0 bridgehead atoms. The highest BCUT2D eigenvalue weighted by molar-refractivity contribution is 7.92. The van der Waals surface area contributed by atoms with Crippen LogP contribution in [0.25, 0.3) is 0 Å². The summed E-state index contributed by atoms with van der Waals surface area (Å²) in [6.07, 6.45) is 4.28. The topological polar surface area (TPSA) is 122 Å². The number of carbonyl (C=O) groups excluding carboxylic acids is 1. The van der Waals surface area contributed by atoms with Crippen LogP contribution in [0.4, 0.5) is 5.69 Å². The summed E-state index contributed by atoms with van der Waals surface area (Å²) >= 11 is 0. The lowest BCUT2D eigenvalue weighted by molar-refractivity contribution is 0.0951. The fourth-order valence-electron chi connectivity index (χ4n) is 2.62. The van der Waals surface area contributed by atoms with Crippen molar-refractivity contribution in [2.24, 2.45) is 0 Å². The van der Waals surface area contributed by atoms with E-state index in [1.807, 2.05) is 6.07 Å². The Hall–Kier alpha value is -3.24. The van der Waals surface area contributed by atoms with Crippen molar-refractivity contribution in [3.63, 3.8) is 0 Å². The highest BCUT2D eigenvalue weighted by atomic mass is 32.2. The lowest BCUT2D eigenvalue weighted by atomic mass is 10.1. The third kappa shape index (κ3) is 5.22. The van der Waals surface area contributed by atoms with Crippen LogP contribution in [0.2, 0.25) is 0 Å². The van der Waals surface area contributed by atoms with Crippen LogP contribution >= 0.6 is 0 Å². The van der Waals surface area contributed by atoms with Gasteiger partial charge >= 0.3 is 0 Å². The Balaban J connectivity index is 1.80. The van der Waals surface area contributed by atoms with Crippen molar-refractivity contribution in [2.45, 2.75) is 16.3 Å². The van der Waals surface area contributed by atoms with E-state index in [1.165, 1.54) is 36.4 Å². The number of nitrogens with zero attached hydrogens (tertiary/aromatic N) is 1. The van der Waals surface area contributed by atoms with Gasteiger partial charge in [0.05, 0.1) is 21.0 Å². The number of hydrogen-bond acceptors (Lipinski definition) is 6. The van der Waals surface area contributed by atoms with E-state index in [4.69, 9.17) is 0 Å². The maximum Gasteiger partial charge on any atom is 0.261 e. The third-order valence-electron chi connectivity index (χ3n) is 4.15. The largest absolute Gasteiger partial charge is 0.348 e.